The van der Waals surface area contributed by atoms with Gasteiger partial charge in [0.1, 0.15) is 5.71 Å². The summed E-state index contributed by atoms with van der Waals surface area (Å²) < 4.78 is 0. The summed E-state index contributed by atoms with van der Waals surface area (Å²) in [6.45, 7) is 6.08. The molecule has 1 aromatic carbocycles. The summed E-state index contributed by atoms with van der Waals surface area (Å²) >= 11 is 0. The molecule has 2 amide bonds. The molecule has 2 heterocycles. The molecule has 0 spiro atoms. The van der Waals surface area contributed by atoms with Crippen molar-refractivity contribution in [2.75, 3.05) is 5.32 Å². The van der Waals surface area contributed by atoms with Gasteiger partial charge in [0.2, 0.25) is 5.91 Å². The molecule has 1 N–H and O–H groups in total. The fourth-order valence-corrected chi connectivity index (χ4v) is 3.04. The summed E-state index contributed by atoms with van der Waals surface area (Å²) in [6, 6.07) is 11.5. The van der Waals surface area contributed by atoms with Crippen LogP contribution in [0.2, 0.25) is 0 Å². The van der Waals surface area contributed by atoms with Crippen molar-refractivity contribution in [3.05, 3.63) is 58.9 Å². The maximum atomic E-state index is 12.7. The smallest absolute Gasteiger partial charge is 0.271 e. The van der Waals surface area contributed by atoms with Crippen LogP contribution < -0.4 is 5.32 Å². The van der Waals surface area contributed by atoms with E-state index in [9.17, 15) is 9.59 Å². The first-order valence-corrected chi connectivity index (χ1v) is 8.62. The Morgan fingerprint density at radius 3 is 2.58 bits per heavy atom. The number of carbonyl (C=O) groups is 2. The molecule has 3 rings (SSSR count). The first kappa shape index (κ1) is 17.8. The second kappa shape index (κ2) is 7.47. The summed E-state index contributed by atoms with van der Waals surface area (Å²) in [6.07, 6.45) is 0.622. The van der Waals surface area contributed by atoms with E-state index in [4.69, 9.17) is 0 Å². The zero-order valence-electron chi connectivity index (χ0n) is 15.2. The molecule has 0 saturated carbocycles. The summed E-state index contributed by atoms with van der Waals surface area (Å²) in [4.78, 5) is 29.2. The Morgan fingerprint density at radius 2 is 1.88 bits per heavy atom. The minimum absolute atomic E-state index is 0.0743. The number of aryl methyl sites for hydroxylation is 3. The molecule has 0 bridgehead atoms. The van der Waals surface area contributed by atoms with Crippen LogP contribution in [0.25, 0.3) is 0 Å². The molecule has 0 saturated heterocycles. The van der Waals surface area contributed by atoms with Gasteiger partial charge in [0.05, 0.1) is 17.9 Å². The SMILES string of the molecule is Cc1cc(C)c(NC(=O)C2=NN(Cc3ccccc3)C(=O)CC2)c(C)n1. The maximum absolute atomic E-state index is 12.7. The molecular formula is C20H22N4O2. The lowest BCUT2D eigenvalue weighted by Crippen LogP contribution is -2.36. The normalized spacial score (nSPS) is 14.2. The lowest BCUT2D eigenvalue weighted by Gasteiger charge is -2.23. The monoisotopic (exact) mass is 350 g/mol. The largest absolute Gasteiger partial charge is 0.319 e. The van der Waals surface area contributed by atoms with Gasteiger partial charge < -0.3 is 5.32 Å². The van der Waals surface area contributed by atoms with Gasteiger partial charge in [-0.05, 0) is 38.0 Å². The van der Waals surface area contributed by atoms with Gasteiger partial charge in [-0.3, -0.25) is 14.6 Å². The van der Waals surface area contributed by atoms with Crippen molar-refractivity contribution in [3.63, 3.8) is 0 Å². The molecule has 134 valence electrons. The van der Waals surface area contributed by atoms with Gasteiger partial charge in [0.15, 0.2) is 0 Å². The van der Waals surface area contributed by atoms with Crippen LogP contribution in [0.4, 0.5) is 5.69 Å². The van der Waals surface area contributed by atoms with Crippen molar-refractivity contribution in [1.82, 2.24) is 9.99 Å². The van der Waals surface area contributed by atoms with Gasteiger partial charge >= 0.3 is 0 Å². The van der Waals surface area contributed by atoms with Crippen LogP contribution in [0.5, 0.6) is 0 Å². The van der Waals surface area contributed by atoms with E-state index in [1.807, 2.05) is 57.2 Å². The Bertz CT molecular complexity index is 852. The fourth-order valence-electron chi connectivity index (χ4n) is 3.04. The van der Waals surface area contributed by atoms with Crippen molar-refractivity contribution in [2.45, 2.75) is 40.2 Å². The summed E-state index contributed by atoms with van der Waals surface area (Å²) in [5, 5.41) is 8.58. The molecule has 0 unspecified atom stereocenters. The van der Waals surface area contributed by atoms with Gasteiger partial charge in [0, 0.05) is 18.5 Å². The van der Waals surface area contributed by atoms with E-state index >= 15 is 0 Å². The number of amides is 2. The number of nitrogens with one attached hydrogen (secondary N) is 1. The highest BCUT2D eigenvalue weighted by Crippen LogP contribution is 2.20. The molecule has 6 heteroatoms. The molecule has 6 nitrogen and oxygen atoms in total. The van der Waals surface area contributed by atoms with E-state index in [1.165, 1.54) is 5.01 Å². The van der Waals surface area contributed by atoms with Crippen LogP contribution in [-0.2, 0) is 16.1 Å². The Morgan fingerprint density at radius 1 is 1.15 bits per heavy atom. The van der Waals surface area contributed by atoms with Crippen LogP contribution in [0, 0.1) is 20.8 Å². The number of anilines is 1. The zero-order valence-corrected chi connectivity index (χ0v) is 15.2. The number of rotatable bonds is 4. The second-order valence-electron chi connectivity index (χ2n) is 6.48. The quantitative estimate of drug-likeness (QED) is 0.920. The molecular weight excluding hydrogens is 328 g/mol. The number of hydrogen-bond acceptors (Lipinski definition) is 4. The third-order valence-electron chi connectivity index (χ3n) is 4.31. The van der Waals surface area contributed by atoms with E-state index in [0.717, 1.165) is 22.5 Å². The van der Waals surface area contributed by atoms with Gasteiger partial charge in [-0.2, -0.15) is 5.10 Å². The second-order valence-corrected chi connectivity index (χ2v) is 6.48. The third-order valence-corrected chi connectivity index (χ3v) is 4.31. The molecule has 0 atom stereocenters. The molecule has 26 heavy (non-hydrogen) atoms. The lowest BCUT2D eigenvalue weighted by molar-refractivity contribution is -0.132. The third kappa shape index (κ3) is 3.96. The number of hydrogen-bond donors (Lipinski definition) is 1. The highest BCUT2D eigenvalue weighted by molar-refractivity contribution is 6.43. The van der Waals surface area contributed by atoms with E-state index in [-0.39, 0.29) is 18.2 Å². The van der Waals surface area contributed by atoms with Crippen LogP contribution in [0.15, 0.2) is 41.5 Å². The summed E-state index contributed by atoms with van der Waals surface area (Å²) in [5.74, 6) is -0.359. The number of nitrogens with zero attached hydrogens (tertiary/aromatic N) is 3. The molecule has 0 radical (unpaired) electrons. The average molecular weight is 350 g/mol. The predicted octanol–water partition coefficient (Wildman–Crippen LogP) is 3.12. The van der Waals surface area contributed by atoms with Gasteiger partial charge in [0.25, 0.3) is 5.91 Å². The highest BCUT2D eigenvalue weighted by Gasteiger charge is 2.25. The lowest BCUT2D eigenvalue weighted by atomic mass is 10.1. The van der Waals surface area contributed by atoms with Crippen LogP contribution in [-0.4, -0.2) is 27.5 Å². The van der Waals surface area contributed by atoms with Crippen LogP contribution >= 0.6 is 0 Å². The first-order chi connectivity index (χ1) is 12.4. The Hall–Kier alpha value is -3.02. The average Bonchev–Trinajstić information content (AvgIpc) is 2.60. The van der Waals surface area contributed by atoms with Gasteiger partial charge in [-0.15, -0.1) is 0 Å². The van der Waals surface area contributed by atoms with Crippen LogP contribution in [0.1, 0.15) is 35.4 Å². The Balaban J connectivity index is 1.78. The van der Waals surface area contributed by atoms with E-state index in [1.54, 1.807) is 0 Å². The van der Waals surface area contributed by atoms with Crippen molar-refractivity contribution >= 4 is 23.2 Å². The Labute approximate surface area is 152 Å². The molecule has 0 fully saturated rings. The number of aromatic nitrogens is 1. The highest BCUT2D eigenvalue weighted by atomic mass is 16.2. The first-order valence-electron chi connectivity index (χ1n) is 8.62. The summed E-state index contributed by atoms with van der Waals surface area (Å²) in [7, 11) is 0. The van der Waals surface area contributed by atoms with Crippen molar-refractivity contribution in [2.24, 2.45) is 5.10 Å². The van der Waals surface area contributed by atoms with Crippen molar-refractivity contribution in [3.8, 4) is 0 Å². The van der Waals surface area contributed by atoms with E-state index in [0.29, 0.717) is 24.4 Å². The minimum atomic E-state index is -0.285. The Kier molecular flexibility index (Phi) is 5.11. The molecule has 1 aliphatic rings. The number of hydrazone groups is 1. The minimum Gasteiger partial charge on any atom is -0.319 e. The molecule has 1 aromatic heterocycles. The van der Waals surface area contributed by atoms with Crippen molar-refractivity contribution < 1.29 is 9.59 Å². The van der Waals surface area contributed by atoms with Gasteiger partial charge in [-0.25, -0.2) is 5.01 Å². The summed E-state index contributed by atoms with van der Waals surface area (Å²) in [5.41, 5.74) is 4.67. The zero-order chi connectivity index (χ0) is 18.7. The topological polar surface area (TPSA) is 74.7 Å². The van der Waals surface area contributed by atoms with Crippen molar-refractivity contribution in [1.29, 1.82) is 0 Å². The van der Waals surface area contributed by atoms with E-state index < -0.39 is 0 Å². The fraction of sp³-hybridized carbons (Fsp3) is 0.300. The predicted molar refractivity (Wildman–Crippen MR) is 101 cm³/mol. The van der Waals surface area contributed by atoms with E-state index in [2.05, 4.69) is 15.4 Å². The van der Waals surface area contributed by atoms with Crippen LogP contribution in [0.3, 0.4) is 0 Å². The maximum Gasteiger partial charge on any atom is 0.271 e. The number of carbonyl (C=O) groups excluding carboxylic acids is 2. The standard InChI is InChI=1S/C20H22N4O2/c1-13-11-14(2)21-15(3)19(13)22-20(26)17-9-10-18(25)24(23-17)12-16-7-5-4-6-8-16/h4-8,11H,9-10,12H2,1-3H3,(H,22,26). The molecule has 2 aromatic rings. The van der Waals surface area contributed by atoms with Gasteiger partial charge in [-0.1, -0.05) is 30.3 Å². The molecule has 1 aliphatic heterocycles. The number of benzene rings is 1. The molecule has 0 aliphatic carbocycles. The number of pyridine rings is 1.